The van der Waals surface area contributed by atoms with Crippen LogP contribution < -0.4 is 0 Å². The molecule has 0 bridgehead atoms. The summed E-state index contributed by atoms with van der Waals surface area (Å²) in [5.74, 6) is 0.403. The average Bonchev–Trinajstić information content (AvgIpc) is 3.31. The predicted octanol–water partition coefficient (Wildman–Crippen LogP) is 15.0. The normalized spacial score (nSPS) is 28.0. The van der Waals surface area contributed by atoms with Crippen molar-refractivity contribution in [1.82, 2.24) is 0 Å². The van der Waals surface area contributed by atoms with Crippen molar-refractivity contribution in [2.75, 3.05) is 0 Å². The van der Waals surface area contributed by atoms with Gasteiger partial charge in [0.1, 0.15) is 16.8 Å². The molecule has 296 valence electrons. The maximum Gasteiger partial charge on any atom is 0.335 e. The fraction of sp³-hybridized carbons (Fsp3) is 0.333. The summed E-state index contributed by atoms with van der Waals surface area (Å²) in [5.41, 5.74) is 5.60. The minimum atomic E-state index is -2.00. The lowest BCUT2D eigenvalue weighted by Gasteiger charge is -2.52. The minimum Gasteiger partial charge on any atom is -0.300 e. The lowest BCUT2D eigenvalue weighted by Crippen LogP contribution is -2.44. The largest absolute Gasteiger partial charge is 0.335 e. The van der Waals surface area contributed by atoms with Gasteiger partial charge in [0.05, 0.1) is 0 Å². The van der Waals surface area contributed by atoms with Crippen LogP contribution in [0.3, 0.4) is 0 Å². The zero-order valence-electron chi connectivity index (χ0n) is 33.7. The van der Waals surface area contributed by atoms with E-state index in [1.807, 2.05) is 0 Å². The van der Waals surface area contributed by atoms with E-state index in [1.165, 1.54) is 33.4 Å². The zero-order chi connectivity index (χ0) is 39.1. The standard InChI is InChI=1S/C54H57O3P/c1-7-25-43(26-8-1)49-37-19-22-40-52(49,46-31-13-4-14-32-46)55-58(56-53(47-33-15-5-16-34-47)41-23-20-38-50(53)44-27-9-2-10-28-44)57-54(48-35-17-6-18-36-48)42-24-21-39-51(54)45-29-11-3-12-30-45/h1-18,25-36,49-51H,19-24,37-42H2. The molecule has 0 radical (unpaired) electrons. The van der Waals surface area contributed by atoms with E-state index < -0.39 is 25.4 Å². The molecule has 4 heteroatoms. The van der Waals surface area contributed by atoms with Gasteiger partial charge in [0.2, 0.25) is 0 Å². The quantitative estimate of drug-likeness (QED) is 0.116. The van der Waals surface area contributed by atoms with E-state index in [9.17, 15) is 0 Å². The molecule has 0 aliphatic heterocycles. The molecule has 58 heavy (non-hydrogen) atoms. The summed E-state index contributed by atoms with van der Waals surface area (Å²) in [6.07, 6.45) is 12.5. The smallest absolute Gasteiger partial charge is 0.300 e. The summed E-state index contributed by atoms with van der Waals surface area (Å²) in [4.78, 5) is 0. The van der Waals surface area contributed by atoms with Crippen molar-refractivity contribution < 1.29 is 13.6 Å². The van der Waals surface area contributed by atoms with Gasteiger partial charge in [-0.2, -0.15) is 0 Å². The predicted molar refractivity (Wildman–Crippen MR) is 237 cm³/mol. The van der Waals surface area contributed by atoms with Gasteiger partial charge < -0.3 is 13.6 Å². The number of hydrogen-bond donors (Lipinski definition) is 0. The fourth-order valence-electron chi connectivity index (χ4n) is 10.9. The first-order chi connectivity index (χ1) is 28.7. The molecule has 3 saturated carbocycles. The first-order valence-electron chi connectivity index (χ1n) is 21.9. The molecule has 0 saturated heterocycles. The molecule has 0 heterocycles. The molecule has 0 N–H and O–H groups in total. The Labute approximate surface area is 347 Å². The van der Waals surface area contributed by atoms with Crippen LogP contribution in [0.1, 0.15) is 128 Å². The molecule has 3 aliphatic carbocycles. The van der Waals surface area contributed by atoms with Crippen LogP contribution in [0.15, 0.2) is 182 Å². The van der Waals surface area contributed by atoms with Crippen LogP contribution in [0.2, 0.25) is 0 Å². The van der Waals surface area contributed by atoms with Gasteiger partial charge in [-0.15, -0.1) is 0 Å². The van der Waals surface area contributed by atoms with E-state index in [0.29, 0.717) is 0 Å². The zero-order valence-corrected chi connectivity index (χ0v) is 34.6. The second kappa shape index (κ2) is 17.9. The molecule has 0 amide bonds. The molecule has 6 atom stereocenters. The molecule has 6 unspecified atom stereocenters. The Hall–Kier alpha value is -4.37. The van der Waals surface area contributed by atoms with Crippen molar-refractivity contribution in [2.24, 2.45) is 0 Å². The SMILES string of the molecule is c1ccc(C2CCCCC2(OP(OC2(c3ccccc3)CCCCC2c2ccccc2)OC2(c3ccccc3)CCCCC2c2ccccc2)c2ccccc2)cc1. The van der Waals surface area contributed by atoms with Gasteiger partial charge in [-0.05, 0) is 71.9 Å². The minimum absolute atomic E-state index is 0.134. The van der Waals surface area contributed by atoms with E-state index in [1.54, 1.807) is 0 Å². The third-order valence-electron chi connectivity index (χ3n) is 13.7. The first-order valence-corrected chi connectivity index (χ1v) is 23.0. The Balaban J connectivity index is 1.26. The average molecular weight is 785 g/mol. The Kier molecular flexibility index (Phi) is 12.0. The van der Waals surface area contributed by atoms with Crippen molar-refractivity contribution in [3.8, 4) is 0 Å². The van der Waals surface area contributed by atoms with Gasteiger partial charge in [-0.1, -0.05) is 221 Å². The lowest BCUT2D eigenvalue weighted by atomic mass is 9.68. The topological polar surface area (TPSA) is 27.7 Å². The molecule has 3 aliphatic rings. The highest BCUT2D eigenvalue weighted by atomic mass is 31.2. The van der Waals surface area contributed by atoms with Crippen molar-refractivity contribution in [3.63, 3.8) is 0 Å². The summed E-state index contributed by atoms with van der Waals surface area (Å²) in [6.45, 7) is 0. The van der Waals surface area contributed by atoms with Crippen molar-refractivity contribution in [1.29, 1.82) is 0 Å². The molecule has 0 spiro atoms. The maximum absolute atomic E-state index is 8.12. The van der Waals surface area contributed by atoms with Crippen molar-refractivity contribution in [3.05, 3.63) is 215 Å². The van der Waals surface area contributed by atoms with Gasteiger partial charge in [0.15, 0.2) is 0 Å². The van der Waals surface area contributed by atoms with Gasteiger partial charge >= 0.3 is 8.60 Å². The maximum atomic E-state index is 8.12. The van der Waals surface area contributed by atoms with Crippen LogP contribution >= 0.6 is 8.60 Å². The number of hydrogen-bond acceptors (Lipinski definition) is 3. The summed E-state index contributed by atoms with van der Waals surface area (Å²) < 4.78 is 24.4. The van der Waals surface area contributed by atoms with Crippen molar-refractivity contribution in [2.45, 2.75) is 112 Å². The van der Waals surface area contributed by atoms with E-state index in [2.05, 4.69) is 182 Å². The second-order valence-electron chi connectivity index (χ2n) is 16.9. The van der Waals surface area contributed by atoms with Gasteiger partial charge in [0, 0.05) is 17.8 Å². The Morgan fingerprint density at radius 3 is 0.810 bits per heavy atom. The Bertz CT molecular complexity index is 1900. The summed E-state index contributed by atoms with van der Waals surface area (Å²) >= 11 is 0. The molecular weight excluding hydrogens is 728 g/mol. The van der Waals surface area contributed by atoms with Gasteiger partial charge in [0.25, 0.3) is 0 Å². The third kappa shape index (κ3) is 7.76. The highest BCUT2D eigenvalue weighted by molar-refractivity contribution is 7.41. The van der Waals surface area contributed by atoms with Crippen LogP contribution in [-0.4, -0.2) is 0 Å². The molecule has 6 aromatic carbocycles. The lowest BCUT2D eigenvalue weighted by molar-refractivity contribution is -0.0957. The second-order valence-corrected chi connectivity index (χ2v) is 17.9. The van der Waals surface area contributed by atoms with E-state index >= 15 is 0 Å². The van der Waals surface area contributed by atoms with Crippen LogP contribution in [0.25, 0.3) is 0 Å². The van der Waals surface area contributed by atoms with E-state index in [0.717, 1.165) is 77.0 Å². The van der Waals surface area contributed by atoms with Crippen molar-refractivity contribution >= 4 is 8.60 Å². The molecule has 9 rings (SSSR count). The van der Waals surface area contributed by atoms with E-state index in [-0.39, 0.29) is 17.8 Å². The van der Waals surface area contributed by atoms with Crippen LogP contribution in [-0.2, 0) is 30.4 Å². The number of benzene rings is 6. The highest BCUT2D eigenvalue weighted by Gasteiger charge is 2.55. The summed E-state index contributed by atoms with van der Waals surface area (Å²) in [6, 6.07) is 66.5. The summed E-state index contributed by atoms with van der Waals surface area (Å²) in [5, 5.41) is 0. The molecule has 3 fully saturated rings. The fourth-order valence-corrected chi connectivity index (χ4v) is 12.8. The third-order valence-corrected chi connectivity index (χ3v) is 15.1. The Morgan fingerprint density at radius 2 is 0.552 bits per heavy atom. The molecule has 6 aromatic rings. The van der Waals surface area contributed by atoms with Crippen LogP contribution in [0, 0.1) is 0 Å². The molecule has 0 aromatic heterocycles. The van der Waals surface area contributed by atoms with Gasteiger partial charge in [-0.25, -0.2) is 0 Å². The van der Waals surface area contributed by atoms with Crippen LogP contribution in [0.4, 0.5) is 0 Å². The monoisotopic (exact) mass is 784 g/mol. The van der Waals surface area contributed by atoms with E-state index in [4.69, 9.17) is 13.6 Å². The number of rotatable bonds is 12. The molecule has 3 nitrogen and oxygen atoms in total. The molecular formula is C54H57O3P. The first kappa shape index (κ1) is 39.1. The van der Waals surface area contributed by atoms with Crippen LogP contribution in [0.5, 0.6) is 0 Å². The van der Waals surface area contributed by atoms with Gasteiger partial charge in [-0.3, -0.25) is 0 Å². The Morgan fingerprint density at radius 1 is 0.310 bits per heavy atom. The highest BCUT2D eigenvalue weighted by Crippen LogP contribution is 2.67. The summed E-state index contributed by atoms with van der Waals surface area (Å²) in [7, 11) is -2.00.